The molecule has 5 heteroatoms. The number of nitrogens with zero attached hydrogens (tertiary/aromatic N) is 1. The Hall–Kier alpha value is -1.49. The van der Waals surface area contributed by atoms with E-state index in [1.165, 1.54) is 6.07 Å². The Kier molecular flexibility index (Phi) is 3.61. The molecule has 0 saturated heterocycles. The standard InChI is InChI=1S/C13H14BrFN2O/c1-8-3-4-9(18-8)7-17(2)13-6-11(15)10(14)5-12(13)16/h3-6H,7,16H2,1-2H3. The lowest BCUT2D eigenvalue weighted by atomic mass is 10.2. The van der Waals surface area contributed by atoms with Gasteiger partial charge in [0.05, 0.1) is 22.4 Å². The van der Waals surface area contributed by atoms with Crippen molar-refractivity contribution in [3.05, 3.63) is 46.1 Å². The van der Waals surface area contributed by atoms with Crippen LogP contribution in [0, 0.1) is 12.7 Å². The normalized spacial score (nSPS) is 10.7. The van der Waals surface area contributed by atoms with E-state index in [9.17, 15) is 4.39 Å². The highest BCUT2D eigenvalue weighted by molar-refractivity contribution is 9.10. The lowest BCUT2D eigenvalue weighted by Gasteiger charge is -2.20. The van der Waals surface area contributed by atoms with Crippen LogP contribution in [0.5, 0.6) is 0 Å². The van der Waals surface area contributed by atoms with Gasteiger partial charge < -0.3 is 15.1 Å². The molecule has 0 radical (unpaired) electrons. The van der Waals surface area contributed by atoms with Crippen molar-refractivity contribution in [2.75, 3.05) is 17.7 Å². The number of aryl methyl sites for hydroxylation is 1. The molecule has 0 aliphatic carbocycles. The van der Waals surface area contributed by atoms with Gasteiger partial charge in [0.25, 0.3) is 0 Å². The zero-order valence-corrected chi connectivity index (χ0v) is 11.8. The highest BCUT2D eigenvalue weighted by Crippen LogP contribution is 2.29. The molecular formula is C13H14BrFN2O. The maximum atomic E-state index is 13.5. The van der Waals surface area contributed by atoms with E-state index in [0.717, 1.165) is 11.5 Å². The van der Waals surface area contributed by atoms with Crippen LogP contribution in [0.1, 0.15) is 11.5 Å². The van der Waals surface area contributed by atoms with Gasteiger partial charge in [-0.25, -0.2) is 4.39 Å². The molecule has 2 rings (SSSR count). The van der Waals surface area contributed by atoms with Gasteiger partial charge in [-0.2, -0.15) is 0 Å². The summed E-state index contributed by atoms with van der Waals surface area (Å²) in [6.45, 7) is 2.43. The first kappa shape index (κ1) is 13.0. The summed E-state index contributed by atoms with van der Waals surface area (Å²) in [6.07, 6.45) is 0. The summed E-state index contributed by atoms with van der Waals surface area (Å²) in [5.74, 6) is 1.34. The van der Waals surface area contributed by atoms with E-state index in [4.69, 9.17) is 10.2 Å². The van der Waals surface area contributed by atoms with Crippen molar-refractivity contribution >= 4 is 27.3 Å². The molecular weight excluding hydrogens is 299 g/mol. The van der Waals surface area contributed by atoms with Crippen molar-refractivity contribution < 1.29 is 8.81 Å². The molecule has 3 nitrogen and oxygen atoms in total. The molecule has 0 aliphatic heterocycles. The van der Waals surface area contributed by atoms with Gasteiger partial charge in [0.1, 0.15) is 17.3 Å². The van der Waals surface area contributed by atoms with E-state index < -0.39 is 0 Å². The Morgan fingerprint density at radius 3 is 2.72 bits per heavy atom. The molecule has 2 aromatic rings. The SMILES string of the molecule is Cc1ccc(CN(C)c2cc(F)c(Br)cc2N)o1. The van der Waals surface area contributed by atoms with Gasteiger partial charge in [-0.05, 0) is 41.1 Å². The third-order valence-corrected chi connectivity index (χ3v) is 3.28. The minimum Gasteiger partial charge on any atom is -0.464 e. The Morgan fingerprint density at radius 2 is 2.11 bits per heavy atom. The Bertz CT molecular complexity index is 568. The summed E-state index contributed by atoms with van der Waals surface area (Å²) in [6, 6.07) is 6.77. The lowest BCUT2D eigenvalue weighted by molar-refractivity contribution is 0.481. The summed E-state index contributed by atoms with van der Waals surface area (Å²) < 4.78 is 19.4. The number of nitrogens with two attached hydrogens (primary N) is 1. The van der Waals surface area contributed by atoms with Crippen molar-refractivity contribution in [3.63, 3.8) is 0 Å². The first-order chi connectivity index (χ1) is 8.47. The summed E-state index contributed by atoms with van der Waals surface area (Å²) in [5, 5.41) is 0. The number of nitrogen functional groups attached to an aromatic ring is 1. The molecule has 96 valence electrons. The van der Waals surface area contributed by atoms with Crippen molar-refractivity contribution in [2.45, 2.75) is 13.5 Å². The average Bonchev–Trinajstić information content (AvgIpc) is 2.69. The Balaban J connectivity index is 2.23. The summed E-state index contributed by atoms with van der Waals surface area (Å²) >= 11 is 3.11. The Labute approximate surface area is 114 Å². The van der Waals surface area contributed by atoms with Crippen LogP contribution in [-0.4, -0.2) is 7.05 Å². The van der Waals surface area contributed by atoms with E-state index in [1.807, 2.05) is 31.0 Å². The zero-order valence-electron chi connectivity index (χ0n) is 10.2. The van der Waals surface area contributed by atoms with Crippen LogP contribution in [0.15, 0.2) is 33.2 Å². The van der Waals surface area contributed by atoms with Gasteiger partial charge >= 0.3 is 0 Å². The van der Waals surface area contributed by atoms with Crippen LogP contribution in [-0.2, 0) is 6.54 Å². The summed E-state index contributed by atoms with van der Waals surface area (Å²) in [7, 11) is 1.84. The van der Waals surface area contributed by atoms with E-state index in [1.54, 1.807) is 6.07 Å². The van der Waals surface area contributed by atoms with Crippen molar-refractivity contribution in [1.82, 2.24) is 0 Å². The van der Waals surface area contributed by atoms with E-state index >= 15 is 0 Å². The topological polar surface area (TPSA) is 42.4 Å². The molecule has 2 N–H and O–H groups in total. The minimum absolute atomic E-state index is 0.332. The summed E-state index contributed by atoms with van der Waals surface area (Å²) in [5.41, 5.74) is 7.05. The lowest BCUT2D eigenvalue weighted by Crippen LogP contribution is -2.17. The van der Waals surface area contributed by atoms with Crippen molar-refractivity contribution in [1.29, 1.82) is 0 Å². The van der Waals surface area contributed by atoms with Gasteiger partial charge in [0.2, 0.25) is 0 Å². The smallest absolute Gasteiger partial charge is 0.139 e. The van der Waals surface area contributed by atoms with Crippen molar-refractivity contribution in [2.24, 2.45) is 0 Å². The second kappa shape index (κ2) is 5.02. The maximum Gasteiger partial charge on any atom is 0.139 e. The molecule has 1 heterocycles. The fourth-order valence-corrected chi connectivity index (χ4v) is 2.13. The minimum atomic E-state index is -0.332. The fraction of sp³-hybridized carbons (Fsp3) is 0.231. The van der Waals surface area contributed by atoms with Gasteiger partial charge in [0, 0.05) is 13.1 Å². The number of anilines is 2. The second-order valence-electron chi connectivity index (χ2n) is 4.19. The van der Waals surface area contributed by atoms with E-state index in [2.05, 4.69) is 15.9 Å². The molecule has 0 amide bonds. The third kappa shape index (κ3) is 2.67. The number of halogens is 2. The first-order valence-electron chi connectivity index (χ1n) is 5.48. The molecule has 0 bridgehead atoms. The predicted octanol–water partition coefficient (Wildman–Crippen LogP) is 3.71. The van der Waals surface area contributed by atoms with Crippen LogP contribution >= 0.6 is 15.9 Å². The first-order valence-corrected chi connectivity index (χ1v) is 6.27. The molecule has 0 spiro atoms. The van der Waals surface area contributed by atoms with Crippen LogP contribution in [0.4, 0.5) is 15.8 Å². The van der Waals surface area contributed by atoms with Crippen molar-refractivity contribution in [3.8, 4) is 0 Å². The van der Waals surface area contributed by atoms with E-state index in [-0.39, 0.29) is 5.82 Å². The zero-order chi connectivity index (χ0) is 13.3. The third-order valence-electron chi connectivity index (χ3n) is 2.67. The molecule has 0 aliphatic rings. The van der Waals surface area contributed by atoms with Gasteiger partial charge in [0.15, 0.2) is 0 Å². The second-order valence-corrected chi connectivity index (χ2v) is 5.05. The largest absolute Gasteiger partial charge is 0.464 e. The Morgan fingerprint density at radius 1 is 1.39 bits per heavy atom. The molecule has 0 fully saturated rings. The van der Waals surface area contributed by atoms with Gasteiger partial charge in [-0.3, -0.25) is 0 Å². The molecule has 1 aromatic heterocycles. The van der Waals surface area contributed by atoms with Crippen LogP contribution in [0.2, 0.25) is 0 Å². The number of furan rings is 1. The fourth-order valence-electron chi connectivity index (χ4n) is 1.77. The number of rotatable bonds is 3. The molecule has 0 saturated carbocycles. The molecule has 18 heavy (non-hydrogen) atoms. The molecule has 1 aromatic carbocycles. The van der Waals surface area contributed by atoms with Gasteiger partial charge in [-0.15, -0.1) is 0 Å². The van der Waals surface area contributed by atoms with Crippen LogP contribution in [0.25, 0.3) is 0 Å². The summed E-state index contributed by atoms with van der Waals surface area (Å²) in [4.78, 5) is 1.85. The monoisotopic (exact) mass is 312 g/mol. The predicted molar refractivity (Wildman–Crippen MR) is 74.1 cm³/mol. The average molecular weight is 313 g/mol. The highest BCUT2D eigenvalue weighted by Gasteiger charge is 2.11. The molecule has 0 atom stereocenters. The number of hydrogen-bond donors (Lipinski definition) is 1. The van der Waals surface area contributed by atoms with Crippen LogP contribution in [0.3, 0.4) is 0 Å². The van der Waals surface area contributed by atoms with Crippen LogP contribution < -0.4 is 10.6 Å². The van der Waals surface area contributed by atoms with E-state index in [0.29, 0.717) is 22.4 Å². The number of benzene rings is 1. The quantitative estimate of drug-likeness (QED) is 0.879. The maximum absolute atomic E-state index is 13.5. The molecule has 0 unspecified atom stereocenters. The highest BCUT2D eigenvalue weighted by atomic mass is 79.9. The number of hydrogen-bond acceptors (Lipinski definition) is 3. The van der Waals surface area contributed by atoms with Gasteiger partial charge in [-0.1, -0.05) is 0 Å².